The molecule has 4 aliphatic rings. The van der Waals surface area contributed by atoms with Gasteiger partial charge in [-0.3, -0.25) is 19.4 Å². The van der Waals surface area contributed by atoms with E-state index in [9.17, 15) is 9.59 Å². The first-order valence-corrected chi connectivity index (χ1v) is 14.1. The lowest BCUT2D eigenvalue weighted by Gasteiger charge is -2.43. The van der Waals surface area contributed by atoms with Gasteiger partial charge < -0.3 is 25.3 Å². The van der Waals surface area contributed by atoms with E-state index in [2.05, 4.69) is 15.1 Å². The van der Waals surface area contributed by atoms with Gasteiger partial charge in [0.2, 0.25) is 0 Å². The lowest BCUT2D eigenvalue weighted by Crippen LogP contribution is -2.51. The van der Waals surface area contributed by atoms with Crippen molar-refractivity contribution < 1.29 is 23.8 Å². The van der Waals surface area contributed by atoms with E-state index in [1.165, 1.54) is 6.07 Å². The summed E-state index contributed by atoms with van der Waals surface area (Å²) in [5.41, 5.74) is 6.59. The first kappa shape index (κ1) is 28.0. The van der Waals surface area contributed by atoms with Crippen molar-refractivity contribution >= 4 is 29.2 Å². The Bertz CT molecular complexity index is 924. The predicted molar refractivity (Wildman–Crippen MR) is 143 cm³/mol. The molecule has 4 fully saturated rings. The standard InChI is InChI=1S/C27H41ClN4O5/c1-2-35-24-15-23(29)22(28)14-21(24)27(34)30-16-20-17-31(12-13-36-20)9-5-3-4-6-26(33)37-25-18-32-10-7-19(25)8-11-32/h14-15,19-20,25H,2-13,16-18,29H2,1H3,(H,30,34)/t20-,25+/m1/s1. The first-order chi connectivity index (χ1) is 17.9. The number of ether oxygens (including phenoxy) is 3. The summed E-state index contributed by atoms with van der Waals surface area (Å²) in [5, 5.41) is 3.26. The fraction of sp³-hybridized carbons (Fsp3) is 0.704. The number of rotatable bonds is 12. The van der Waals surface area contributed by atoms with Gasteiger partial charge >= 0.3 is 5.97 Å². The number of fused-ring (bicyclic) bond motifs is 3. The van der Waals surface area contributed by atoms with Gasteiger partial charge in [0.15, 0.2) is 0 Å². The van der Waals surface area contributed by atoms with Crippen LogP contribution in [0.3, 0.4) is 0 Å². The highest BCUT2D eigenvalue weighted by molar-refractivity contribution is 6.33. The van der Waals surface area contributed by atoms with Crippen LogP contribution in [0.25, 0.3) is 0 Å². The maximum atomic E-state index is 12.8. The molecule has 5 rings (SSSR count). The van der Waals surface area contributed by atoms with Crippen LogP contribution in [0.2, 0.25) is 5.02 Å². The molecule has 4 heterocycles. The molecule has 0 unspecified atom stereocenters. The minimum Gasteiger partial charge on any atom is -0.493 e. The van der Waals surface area contributed by atoms with Crippen molar-refractivity contribution in [1.82, 2.24) is 15.1 Å². The zero-order chi connectivity index (χ0) is 26.2. The second kappa shape index (κ2) is 13.6. The predicted octanol–water partition coefficient (Wildman–Crippen LogP) is 2.95. The minimum absolute atomic E-state index is 0.0455. The van der Waals surface area contributed by atoms with Crippen LogP contribution < -0.4 is 15.8 Å². The third-order valence-corrected chi connectivity index (χ3v) is 7.92. The molecule has 37 heavy (non-hydrogen) atoms. The number of nitrogen functional groups attached to an aromatic ring is 1. The Labute approximate surface area is 224 Å². The van der Waals surface area contributed by atoms with Gasteiger partial charge in [0.05, 0.1) is 35.6 Å². The maximum absolute atomic E-state index is 12.8. The van der Waals surface area contributed by atoms with Gasteiger partial charge in [-0.25, -0.2) is 0 Å². The number of nitrogens with one attached hydrogen (secondary N) is 1. The molecule has 0 saturated carbocycles. The Morgan fingerprint density at radius 2 is 1.97 bits per heavy atom. The Kier molecular flexibility index (Phi) is 10.3. The molecule has 1 aromatic carbocycles. The molecule has 0 aliphatic carbocycles. The molecule has 206 valence electrons. The number of amides is 1. The fourth-order valence-corrected chi connectivity index (χ4v) is 5.65. The minimum atomic E-state index is -0.267. The van der Waals surface area contributed by atoms with Crippen LogP contribution >= 0.6 is 11.6 Å². The third-order valence-electron chi connectivity index (χ3n) is 7.59. The summed E-state index contributed by atoms with van der Waals surface area (Å²) in [4.78, 5) is 29.9. The van der Waals surface area contributed by atoms with Crippen LogP contribution in [0.15, 0.2) is 12.1 Å². The van der Waals surface area contributed by atoms with Crippen molar-refractivity contribution in [2.75, 3.05) is 64.8 Å². The number of hydrogen-bond donors (Lipinski definition) is 2. The first-order valence-electron chi connectivity index (χ1n) is 13.7. The molecule has 10 heteroatoms. The number of esters is 1. The molecule has 3 N–H and O–H groups in total. The summed E-state index contributed by atoms with van der Waals surface area (Å²) in [6, 6.07) is 3.12. The Balaban J connectivity index is 1.12. The second-order valence-corrected chi connectivity index (χ2v) is 10.7. The number of anilines is 1. The molecular formula is C27H41ClN4O5. The monoisotopic (exact) mass is 536 g/mol. The molecule has 0 aromatic heterocycles. The van der Waals surface area contributed by atoms with E-state index < -0.39 is 0 Å². The quantitative estimate of drug-likeness (QED) is 0.238. The normalized spacial score (nSPS) is 25.6. The van der Waals surface area contributed by atoms with Crippen molar-refractivity contribution in [2.24, 2.45) is 5.92 Å². The SMILES string of the molecule is CCOc1cc(N)c(Cl)cc1C(=O)NC[C@@H]1CN(CCCCCC(=O)O[C@H]2CN3CCC2CC3)CCO1. The summed E-state index contributed by atoms with van der Waals surface area (Å²) in [7, 11) is 0. The van der Waals surface area contributed by atoms with Crippen molar-refractivity contribution in [3.63, 3.8) is 0 Å². The second-order valence-electron chi connectivity index (χ2n) is 10.3. The molecule has 4 aliphatic heterocycles. The van der Waals surface area contributed by atoms with E-state index in [0.29, 0.717) is 54.1 Å². The van der Waals surface area contributed by atoms with Crippen LogP contribution in [0, 0.1) is 5.92 Å². The zero-order valence-electron chi connectivity index (χ0n) is 21.9. The number of unbranched alkanes of at least 4 members (excludes halogenated alkanes) is 2. The van der Waals surface area contributed by atoms with Crippen molar-refractivity contribution in [3.05, 3.63) is 22.7 Å². The Morgan fingerprint density at radius 3 is 2.70 bits per heavy atom. The van der Waals surface area contributed by atoms with E-state index in [-0.39, 0.29) is 24.1 Å². The van der Waals surface area contributed by atoms with Crippen LogP contribution in [0.4, 0.5) is 5.69 Å². The fourth-order valence-electron chi connectivity index (χ4n) is 5.48. The number of carbonyl (C=O) groups excluding carboxylic acids is 2. The molecule has 2 atom stereocenters. The van der Waals surface area contributed by atoms with Crippen LogP contribution in [-0.4, -0.2) is 92.9 Å². The van der Waals surface area contributed by atoms with E-state index in [0.717, 1.165) is 71.4 Å². The van der Waals surface area contributed by atoms with Crippen molar-refractivity contribution in [3.8, 4) is 5.75 Å². The lowest BCUT2D eigenvalue weighted by atomic mass is 9.86. The van der Waals surface area contributed by atoms with Gasteiger partial charge in [-0.15, -0.1) is 0 Å². The lowest BCUT2D eigenvalue weighted by molar-refractivity contribution is -0.158. The highest BCUT2D eigenvalue weighted by atomic mass is 35.5. The molecule has 1 aromatic rings. The van der Waals surface area contributed by atoms with Crippen molar-refractivity contribution in [2.45, 2.75) is 57.7 Å². The molecule has 2 bridgehead atoms. The highest BCUT2D eigenvalue weighted by Crippen LogP contribution is 2.30. The van der Waals surface area contributed by atoms with Crippen LogP contribution in [0.5, 0.6) is 5.75 Å². The highest BCUT2D eigenvalue weighted by Gasteiger charge is 2.36. The summed E-state index contributed by atoms with van der Waals surface area (Å²) >= 11 is 6.12. The summed E-state index contributed by atoms with van der Waals surface area (Å²) in [5.74, 6) is 0.664. The molecular weight excluding hydrogens is 496 g/mol. The number of halogens is 1. The van der Waals surface area contributed by atoms with E-state index in [1.807, 2.05) is 6.92 Å². The number of nitrogens with two attached hydrogens (primary N) is 1. The molecule has 0 radical (unpaired) electrons. The van der Waals surface area contributed by atoms with Gasteiger partial charge in [-0.1, -0.05) is 18.0 Å². The van der Waals surface area contributed by atoms with Gasteiger partial charge in [0.1, 0.15) is 11.9 Å². The maximum Gasteiger partial charge on any atom is 0.306 e. The van der Waals surface area contributed by atoms with Crippen LogP contribution in [0.1, 0.15) is 55.8 Å². The largest absolute Gasteiger partial charge is 0.493 e. The summed E-state index contributed by atoms with van der Waals surface area (Å²) in [6.07, 6.45) is 5.70. The van der Waals surface area contributed by atoms with Gasteiger partial charge in [0, 0.05) is 38.7 Å². The molecule has 9 nitrogen and oxygen atoms in total. The number of piperidine rings is 3. The van der Waals surface area contributed by atoms with Gasteiger partial charge in [-0.05, 0) is 64.2 Å². The number of nitrogens with zero attached hydrogens (tertiary/aromatic N) is 2. The van der Waals surface area contributed by atoms with Gasteiger partial charge in [0.25, 0.3) is 5.91 Å². The van der Waals surface area contributed by atoms with E-state index in [4.69, 9.17) is 31.5 Å². The topological polar surface area (TPSA) is 106 Å². The smallest absolute Gasteiger partial charge is 0.306 e. The van der Waals surface area contributed by atoms with E-state index in [1.54, 1.807) is 6.07 Å². The Morgan fingerprint density at radius 1 is 1.16 bits per heavy atom. The van der Waals surface area contributed by atoms with Crippen LogP contribution in [-0.2, 0) is 14.3 Å². The number of morpholine rings is 1. The number of benzene rings is 1. The molecule has 4 saturated heterocycles. The third kappa shape index (κ3) is 7.96. The number of carbonyl (C=O) groups is 2. The molecule has 1 amide bonds. The average molecular weight is 537 g/mol. The number of hydrogen-bond acceptors (Lipinski definition) is 8. The summed E-state index contributed by atoms with van der Waals surface area (Å²) in [6.45, 7) is 9.08. The Hall–Kier alpha value is -2.07. The van der Waals surface area contributed by atoms with Crippen molar-refractivity contribution in [1.29, 1.82) is 0 Å². The average Bonchev–Trinajstić information content (AvgIpc) is 2.90. The van der Waals surface area contributed by atoms with E-state index >= 15 is 0 Å². The zero-order valence-corrected chi connectivity index (χ0v) is 22.6. The molecule has 0 spiro atoms. The van der Waals surface area contributed by atoms with Gasteiger partial charge in [-0.2, -0.15) is 0 Å². The summed E-state index contributed by atoms with van der Waals surface area (Å²) < 4.78 is 17.2.